The molecule has 0 saturated carbocycles. The van der Waals surface area contributed by atoms with E-state index in [1.165, 1.54) is 34.7 Å². The van der Waals surface area contributed by atoms with Gasteiger partial charge in [0.15, 0.2) is 5.65 Å². The number of anilines is 1. The van der Waals surface area contributed by atoms with Crippen LogP contribution < -0.4 is 11.0 Å². The number of ether oxygens (including phenoxy) is 1. The van der Waals surface area contributed by atoms with Crippen molar-refractivity contribution in [1.29, 1.82) is 0 Å². The first kappa shape index (κ1) is 21.5. The predicted molar refractivity (Wildman–Crippen MR) is 129 cm³/mol. The van der Waals surface area contributed by atoms with E-state index >= 15 is 0 Å². The summed E-state index contributed by atoms with van der Waals surface area (Å²) >= 11 is 1.46. The standard InChI is InChI=1S/C24H19N5O4S/c1-14-3-5-15(6-4-14)18-12-34-21-20(18)25-13-28-22(21)27-29(24(28)32)11-19(30)26-17-9-7-16(8-10-17)23(31)33-2/h3-10,12-13H,11H2,1-2H3,(H,26,30). The third-order valence-corrected chi connectivity index (χ3v) is 6.35. The lowest BCUT2D eigenvalue weighted by atomic mass is 10.1. The molecule has 2 aromatic carbocycles. The normalized spacial score (nSPS) is 11.1. The zero-order valence-electron chi connectivity index (χ0n) is 18.3. The minimum absolute atomic E-state index is 0.267. The lowest BCUT2D eigenvalue weighted by Crippen LogP contribution is -2.28. The summed E-state index contributed by atoms with van der Waals surface area (Å²) in [5, 5.41) is 9.10. The highest BCUT2D eigenvalue weighted by molar-refractivity contribution is 7.18. The Balaban J connectivity index is 1.42. The van der Waals surface area contributed by atoms with Crippen LogP contribution in [0.3, 0.4) is 0 Å². The van der Waals surface area contributed by atoms with E-state index in [2.05, 4.69) is 20.1 Å². The van der Waals surface area contributed by atoms with Crippen molar-refractivity contribution in [3.8, 4) is 11.1 Å². The Morgan fingerprint density at radius 2 is 1.82 bits per heavy atom. The molecule has 1 N–H and O–H groups in total. The molecule has 0 bridgehead atoms. The van der Waals surface area contributed by atoms with Crippen molar-refractivity contribution in [2.24, 2.45) is 0 Å². The van der Waals surface area contributed by atoms with Crippen molar-refractivity contribution in [1.82, 2.24) is 19.2 Å². The van der Waals surface area contributed by atoms with Gasteiger partial charge >= 0.3 is 11.7 Å². The molecule has 34 heavy (non-hydrogen) atoms. The van der Waals surface area contributed by atoms with Gasteiger partial charge in [0.1, 0.15) is 12.9 Å². The van der Waals surface area contributed by atoms with Crippen LogP contribution >= 0.6 is 11.3 Å². The van der Waals surface area contributed by atoms with Gasteiger partial charge in [0, 0.05) is 16.6 Å². The van der Waals surface area contributed by atoms with Gasteiger partial charge in [-0.05, 0) is 36.8 Å². The van der Waals surface area contributed by atoms with Gasteiger partial charge in [-0.1, -0.05) is 29.8 Å². The topological polar surface area (TPSA) is 108 Å². The third kappa shape index (κ3) is 3.84. The second kappa shape index (κ2) is 8.56. The largest absolute Gasteiger partial charge is 0.465 e. The molecule has 0 radical (unpaired) electrons. The first-order chi connectivity index (χ1) is 16.4. The molecule has 0 aliphatic carbocycles. The molecular formula is C24H19N5O4S. The summed E-state index contributed by atoms with van der Waals surface area (Å²) in [6.07, 6.45) is 1.44. The first-order valence-electron chi connectivity index (χ1n) is 10.4. The number of amides is 1. The molecule has 3 aromatic heterocycles. The molecule has 3 heterocycles. The summed E-state index contributed by atoms with van der Waals surface area (Å²) < 4.78 is 7.89. The van der Waals surface area contributed by atoms with Crippen molar-refractivity contribution in [2.75, 3.05) is 12.4 Å². The van der Waals surface area contributed by atoms with Crippen LogP contribution in [0.4, 0.5) is 5.69 Å². The molecule has 0 atom stereocenters. The fourth-order valence-electron chi connectivity index (χ4n) is 3.62. The monoisotopic (exact) mass is 473 g/mol. The molecule has 0 spiro atoms. The van der Waals surface area contributed by atoms with Gasteiger partial charge in [-0.15, -0.1) is 16.4 Å². The number of aromatic nitrogens is 4. The number of esters is 1. The molecular weight excluding hydrogens is 454 g/mol. The highest BCUT2D eigenvalue weighted by Gasteiger charge is 2.17. The fourth-order valence-corrected chi connectivity index (χ4v) is 4.62. The number of thiophene rings is 1. The summed E-state index contributed by atoms with van der Waals surface area (Å²) in [5.41, 5.74) is 4.79. The number of nitrogens with one attached hydrogen (secondary N) is 1. The Bertz CT molecular complexity index is 1600. The average Bonchev–Trinajstić information content (AvgIpc) is 3.41. The molecule has 5 rings (SSSR count). The highest BCUT2D eigenvalue weighted by atomic mass is 32.1. The van der Waals surface area contributed by atoms with Gasteiger partial charge in [-0.2, -0.15) is 0 Å². The number of nitrogens with zero attached hydrogens (tertiary/aromatic N) is 4. The van der Waals surface area contributed by atoms with Crippen LogP contribution in [0.1, 0.15) is 15.9 Å². The summed E-state index contributed by atoms with van der Waals surface area (Å²) in [6, 6.07) is 14.4. The number of fused-ring (bicyclic) bond motifs is 3. The van der Waals surface area contributed by atoms with E-state index in [1.807, 2.05) is 36.6 Å². The highest BCUT2D eigenvalue weighted by Crippen LogP contribution is 2.34. The van der Waals surface area contributed by atoms with Crippen molar-refractivity contribution in [2.45, 2.75) is 13.5 Å². The van der Waals surface area contributed by atoms with Gasteiger partial charge in [0.05, 0.1) is 22.9 Å². The molecule has 9 nitrogen and oxygen atoms in total. The number of benzene rings is 2. The van der Waals surface area contributed by atoms with E-state index in [-0.39, 0.29) is 6.54 Å². The van der Waals surface area contributed by atoms with Crippen molar-refractivity contribution >= 4 is 44.8 Å². The Hall–Kier alpha value is -4.31. The van der Waals surface area contributed by atoms with E-state index < -0.39 is 17.6 Å². The molecule has 1 amide bonds. The lowest BCUT2D eigenvalue weighted by molar-refractivity contribution is -0.117. The Morgan fingerprint density at radius 3 is 2.53 bits per heavy atom. The van der Waals surface area contributed by atoms with Crippen LogP contribution in [0.15, 0.2) is 65.0 Å². The molecule has 5 aromatic rings. The Morgan fingerprint density at radius 1 is 1.09 bits per heavy atom. The van der Waals surface area contributed by atoms with Crippen LogP contribution in [-0.2, 0) is 16.1 Å². The third-order valence-electron chi connectivity index (χ3n) is 5.39. The maximum absolute atomic E-state index is 12.8. The maximum atomic E-state index is 12.8. The second-order valence-corrected chi connectivity index (χ2v) is 8.57. The fraction of sp³-hybridized carbons (Fsp3) is 0.125. The van der Waals surface area contributed by atoms with E-state index in [0.717, 1.165) is 26.0 Å². The number of rotatable bonds is 5. The molecule has 0 aliphatic heterocycles. The quantitative estimate of drug-likeness (QED) is 0.392. The minimum Gasteiger partial charge on any atom is -0.465 e. The summed E-state index contributed by atoms with van der Waals surface area (Å²) in [4.78, 5) is 41.4. The number of methoxy groups -OCH3 is 1. The van der Waals surface area contributed by atoms with Crippen LogP contribution in [0.25, 0.3) is 27.0 Å². The van der Waals surface area contributed by atoms with Gasteiger partial charge < -0.3 is 10.1 Å². The van der Waals surface area contributed by atoms with Crippen LogP contribution in [0, 0.1) is 6.92 Å². The minimum atomic E-state index is -0.465. The van der Waals surface area contributed by atoms with Gasteiger partial charge in [0.2, 0.25) is 5.91 Å². The summed E-state index contributed by atoms with van der Waals surface area (Å²) in [5.74, 6) is -0.889. The average molecular weight is 474 g/mol. The molecule has 0 fully saturated rings. The molecule has 0 aliphatic rings. The maximum Gasteiger partial charge on any atom is 0.352 e. The molecule has 10 heteroatoms. The van der Waals surface area contributed by atoms with Gasteiger partial charge in [0.25, 0.3) is 0 Å². The molecule has 0 unspecified atom stereocenters. The first-order valence-corrected chi connectivity index (χ1v) is 11.2. The Labute approximate surface area is 197 Å². The number of aryl methyl sites for hydroxylation is 1. The van der Waals surface area contributed by atoms with Crippen molar-refractivity contribution in [3.05, 3.63) is 81.8 Å². The number of carbonyl (C=O) groups excluding carboxylic acids is 2. The smallest absolute Gasteiger partial charge is 0.352 e. The zero-order valence-corrected chi connectivity index (χ0v) is 19.1. The van der Waals surface area contributed by atoms with Crippen LogP contribution in [0.5, 0.6) is 0 Å². The van der Waals surface area contributed by atoms with E-state index in [9.17, 15) is 14.4 Å². The van der Waals surface area contributed by atoms with E-state index in [1.54, 1.807) is 24.3 Å². The SMILES string of the molecule is COC(=O)c1ccc(NC(=O)Cn2nc3c4scc(-c5ccc(C)cc5)c4ncn3c2=O)cc1. The van der Waals surface area contributed by atoms with Gasteiger partial charge in [-0.25, -0.2) is 23.7 Å². The summed E-state index contributed by atoms with van der Waals surface area (Å²) in [6.45, 7) is 1.76. The second-order valence-electron chi connectivity index (χ2n) is 7.69. The van der Waals surface area contributed by atoms with Crippen molar-refractivity contribution < 1.29 is 14.3 Å². The lowest BCUT2D eigenvalue weighted by Gasteiger charge is -2.05. The van der Waals surface area contributed by atoms with Crippen LogP contribution in [0.2, 0.25) is 0 Å². The van der Waals surface area contributed by atoms with E-state index in [4.69, 9.17) is 0 Å². The van der Waals surface area contributed by atoms with Crippen molar-refractivity contribution in [3.63, 3.8) is 0 Å². The summed E-state index contributed by atoms with van der Waals surface area (Å²) in [7, 11) is 1.30. The van der Waals surface area contributed by atoms with Gasteiger partial charge in [-0.3, -0.25) is 4.79 Å². The van der Waals surface area contributed by atoms with Crippen LogP contribution in [-0.4, -0.2) is 38.2 Å². The zero-order chi connectivity index (χ0) is 23.8. The van der Waals surface area contributed by atoms with E-state index in [0.29, 0.717) is 16.9 Å². The number of carbonyl (C=O) groups is 2. The molecule has 170 valence electrons. The number of hydrogen-bond acceptors (Lipinski definition) is 7. The Kier molecular flexibility index (Phi) is 5.42. The number of hydrogen-bond donors (Lipinski definition) is 1. The predicted octanol–water partition coefficient (Wildman–Crippen LogP) is 3.51. The molecule has 0 saturated heterocycles.